The van der Waals surface area contributed by atoms with E-state index >= 15 is 0 Å². The van der Waals surface area contributed by atoms with Crippen LogP contribution in [0.3, 0.4) is 0 Å². The van der Waals surface area contributed by atoms with Crippen LogP contribution >= 0.6 is 0 Å². The van der Waals surface area contributed by atoms with Gasteiger partial charge in [-0.1, -0.05) is 142 Å². The minimum atomic E-state index is 0.107. The molecule has 0 saturated heterocycles. The van der Waals surface area contributed by atoms with E-state index in [4.69, 9.17) is 4.42 Å². The van der Waals surface area contributed by atoms with E-state index in [2.05, 4.69) is 181 Å². The Balaban J connectivity index is 1.19. The highest BCUT2D eigenvalue weighted by atomic mass is 16.3. The second kappa shape index (κ2) is 13.4. The summed E-state index contributed by atoms with van der Waals surface area (Å²) in [4.78, 5) is 4.97. The van der Waals surface area contributed by atoms with Crippen LogP contribution in [-0.4, -0.2) is 6.71 Å². The molecule has 0 bridgehead atoms. The zero-order valence-corrected chi connectivity index (χ0v) is 31.0. The largest absolute Gasteiger partial charge is 0.456 e. The predicted octanol–water partition coefficient (Wildman–Crippen LogP) is 12.4. The summed E-state index contributed by atoms with van der Waals surface area (Å²) in [5, 5.41) is 2.39. The molecule has 2 aliphatic heterocycles. The van der Waals surface area contributed by atoms with Crippen LogP contribution < -0.4 is 26.2 Å². The summed E-state index contributed by atoms with van der Waals surface area (Å²) in [7, 11) is 0. The fraction of sp³-hybridized carbons (Fsp3) is 0.160. The van der Waals surface area contributed by atoms with E-state index in [1.165, 1.54) is 92.3 Å². The monoisotopic (exact) mass is 698 g/mol. The molecule has 3 nitrogen and oxygen atoms in total. The lowest BCUT2D eigenvalue weighted by Gasteiger charge is -2.44. The highest BCUT2D eigenvalue weighted by Crippen LogP contribution is 2.48. The Morgan fingerprint density at radius 3 is 1.91 bits per heavy atom. The number of nitrogens with zero attached hydrogens (tertiary/aromatic N) is 2. The minimum absolute atomic E-state index is 0.107. The number of para-hydroxylation sites is 5. The molecule has 7 aromatic carbocycles. The maximum atomic E-state index is 6.85. The Labute approximate surface area is 318 Å². The molecule has 0 radical (unpaired) electrons. The van der Waals surface area contributed by atoms with E-state index in [-0.39, 0.29) is 6.71 Å². The van der Waals surface area contributed by atoms with Crippen molar-refractivity contribution < 1.29 is 4.42 Å². The first kappa shape index (κ1) is 32.6. The molecule has 1 aromatic heterocycles. The third-order valence-corrected chi connectivity index (χ3v) is 11.9. The van der Waals surface area contributed by atoms with Crippen molar-refractivity contribution >= 4 is 79.2 Å². The second-order valence-electron chi connectivity index (χ2n) is 14.9. The molecule has 10 rings (SSSR count). The molecular weight excluding hydrogens is 655 g/mol. The number of benzene rings is 7. The van der Waals surface area contributed by atoms with Crippen LogP contribution in [0.1, 0.15) is 57.4 Å². The van der Waals surface area contributed by atoms with E-state index in [9.17, 15) is 0 Å². The van der Waals surface area contributed by atoms with E-state index in [0.717, 1.165) is 29.0 Å². The van der Waals surface area contributed by atoms with Crippen molar-refractivity contribution in [2.75, 3.05) is 9.80 Å². The first-order valence-corrected chi connectivity index (χ1v) is 19.8. The number of hydrogen-bond acceptors (Lipinski definition) is 3. The molecule has 54 heavy (non-hydrogen) atoms. The maximum Gasteiger partial charge on any atom is 0.252 e. The molecule has 0 saturated carbocycles. The van der Waals surface area contributed by atoms with Crippen molar-refractivity contribution in [3.63, 3.8) is 0 Å². The number of furan rings is 1. The number of hydrogen-bond donors (Lipinski definition) is 0. The topological polar surface area (TPSA) is 19.6 Å². The van der Waals surface area contributed by atoms with Gasteiger partial charge in [0.1, 0.15) is 11.2 Å². The SMILES string of the molecule is CCCCCC(CC)c1cccc2c1oc1cccc(-c3ccccc3N3c4ccccc4B4c5ccccc5N(c5ccccc5)c5cccc3c54)c12. The van der Waals surface area contributed by atoms with Crippen LogP contribution in [0.4, 0.5) is 34.1 Å². The predicted molar refractivity (Wildman–Crippen MR) is 230 cm³/mol. The molecule has 0 N–H and O–H groups in total. The number of anilines is 6. The number of fused-ring (bicyclic) bond motifs is 7. The fourth-order valence-corrected chi connectivity index (χ4v) is 9.48. The summed E-state index contributed by atoms with van der Waals surface area (Å²) in [5.74, 6) is 0.485. The average Bonchev–Trinajstić information content (AvgIpc) is 3.62. The third-order valence-electron chi connectivity index (χ3n) is 11.9. The molecule has 4 heteroatoms. The van der Waals surface area contributed by atoms with Gasteiger partial charge in [0, 0.05) is 44.8 Å². The van der Waals surface area contributed by atoms with Crippen molar-refractivity contribution in [3.05, 3.63) is 163 Å². The van der Waals surface area contributed by atoms with Gasteiger partial charge in [0.25, 0.3) is 6.71 Å². The summed E-state index contributed by atoms with van der Waals surface area (Å²) < 4.78 is 6.85. The quantitative estimate of drug-likeness (QED) is 0.111. The normalized spacial score (nSPS) is 13.6. The summed E-state index contributed by atoms with van der Waals surface area (Å²) in [6.45, 7) is 4.71. The molecule has 8 aromatic rings. The van der Waals surface area contributed by atoms with Gasteiger partial charge in [0.05, 0.1) is 5.69 Å². The van der Waals surface area contributed by atoms with E-state index in [1.807, 2.05) is 0 Å². The highest BCUT2D eigenvalue weighted by Gasteiger charge is 2.43. The summed E-state index contributed by atoms with van der Waals surface area (Å²) >= 11 is 0. The van der Waals surface area contributed by atoms with E-state index < -0.39 is 0 Å². The van der Waals surface area contributed by atoms with Gasteiger partial charge in [0.15, 0.2) is 0 Å². The van der Waals surface area contributed by atoms with E-state index in [1.54, 1.807) is 0 Å². The molecule has 3 heterocycles. The average molecular weight is 699 g/mol. The van der Waals surface area contributed by atoms with Crippen molar-refractivity contribution in [2.24, 2.45) is 0 Å². The van der Waals surface area contributed by atoms with Crippen LogP contribution in [0.2, 0.25) is 0 Å². The summed E-state index contributed by atoms with van der Waals surface area (Å²) in [6.07, 6.45) is 6.06. The second-order valence-corrected chi connectivity index (χ2v) is 14.9. The molecule has 0 fully saturated rings. The molecule has 1 unspecified atom stereocenters. The van der Waals surface area contributed by atoms with Crippen LogP contribution in [0.25, 0.3) is 33.1 Å². The molecule has 0 amide bonds. The van der Waals surface area contributed by atoms with Gasteiger partial charge in [-0.2, -0.15) is 0 Å². The lowest BCUT2D eigenvalue weighted by atomic mass is 9.33. The van der Waals surface area contributed by atoms with Gasteiger partial charge in [-0.05, 0) is 94.8 Å². The van der Waals surface area contributed by atoms with Crippen LogP contribution in [-0.2, 0) is 0 Å². The Hall–Kier alpha value is -6.00. The fourth-order valence-electron chi connectivity index (χ4n) is 9.48. The smallest absolute Gasteiger partial charge is 0.252 e. The van der Waals surface area contributed by atoms with Gasteiger partial charge in [-0.25, -0.2) is 0 Å². The summed E-state index contributed by atoms with van der Waals surface area (Å²) in [6, 6.07) is 58.0. The van der Waals surface area contributed by atoms with Gasteiger partial charge in [0.2, 0.25) is 0 Å². The standard InChI is InChI=1S/C50H43BN2O/c1-3-5-7-19-34(4-2)36-23-16-25-39-48-38(24-17-33-47(48)54-50(36)39)37-22-10-13-28-42(37)53-44-30-15-12-27-41(44)51-40-26-11-14-29-43(40)52(35-20-8-6-9-21-35)45-31-18-32-46(53)49(45)51/h6,8-18,20-34H,3-5,7,19H2,1-2H3. The zero-order chi connectivity index (χ0) is 36.2. The maximum absolute atomic E-state index is 6.85. The minimum Gasteiger partial charge on any atom is -0.456 e. The third kappa shape index (κ3) is 5.04. The Bertz CT molecular complexity index is 2660. The summed E-state index contributed by atoms with van der Waals surface area (Å²) in [5.41, 5.74) is 16.9. The Morgan fingerprint density at radius 2 is 1.15 bits per heavy atom. The van der Waals surface area contributed by atoms with E-state index in [0.29, 0.717) is 5.92 Å². The molecule has 0 spiro atoms. The Kier molecular flexibility index (Phi) is 8.13. The van der Waals surface area contributed by atoms with Gasteiger partial charge in [-0.15, -0.1) is 0 Å². The highest BCUT2D eigenvalue weighted by molar-refractivity contribution is 7.00. The first-order chi connectivity index (χ1) is 26.8. The Morgan fingerprint density at radius 1 is 0.537 bits per heavy atom. The van der Waals surface area contributed by atoms with Gasteiger partial charge in [-0.3, -0.25) is 0 Å². The van der Waals surface area contributed by atoms with Crippen LogP contribution in [0, 0.1) is 0 Å². The van der Waals surface area contributed by atoms with Crippen molar-refractivity contribution in [2.45, 2.75) is 51.9 Å². The lowest BCUT2D eigenvalue weighted by Crippen LogP contribution is -2.61. The van der Waals surface area contributed by atoms with Crippen molar-refractivity contribution in [3.8, 4) is 11.1 Å². The van der Waals surface area contributed by atoms with Gasteiger partial charge >= 0.3 is 0 Å². The van der Waals surface area contributed by atoms with Crippen LogP contribution in [0.5, 0.6) is 0 Å². The van der Waals surface area contributed by atoms with Crippen molar-refractivity contribution in [1.82, 2.24) is 0 Å². The van der Waals surface area contributed by atoms with Gasteiger partial charge < -0.3 is 14.2 Å². The molecule has 262 valence electrons. The first-order valence-electron chi connectivity index (χ1n) is 19.8. The molecule has 2 aliphatic rings. The molecule has 0 aliphatic carbocycles. The number of rotatable bonds is 9. The van der Waals surface area contributed by atoms with Crippen LogP contribution in [0.15, 0.2) is 162 Å². The van der Waals surface area contributed by atoms with Crippen molar-refractivity contribution in [1.29, 1.82) is 0 Å². The lowest BCUT2D eigenvalue weighted by molar-refractivity contribution is 0.547. The number of unbranched alkanes of at least 4 members (excludes halogenated alkanes) is 2. The molecular formula is C50H43BN2O. The zero-order valence-electron chi connectivity index (χ0n) is 31.0. The molecule has 1 atom stereocenters.